The van der Waals surface area contributed by atoms with Gasteiger partial charge in [-0.3, -0.25) is 0 Å². The molecule has 2 aromatic carbocycles. The highest BCUT2D eigenvalue weighted by Gasteiger charge is 2.52. The van der Waals surface area contributed by atoms with Gasteiger partial charge in [0.1, 0.15) is 0 Å². The lowest BCUT2D eigenvalue weighted by Gasteiger charge is -2.52. The molecule has 2 aromatic rings. The van der Waals surface area contributed by atoms with E-state index in [1.54, 1.807) is 16.7 Å². The van der Waals surface area contributed by atoms with Crippen LogP contribution in [0, 0.1) is 5.41 Å². The Morgan fingerprint density at radius 2 is 1.69 bits per heavy atom. The van der Waals surface area contributed by atoms with Gasteiger partial charge in [0.05, 0.1) is 0 Å². The first-order valence-electron chi connectivity index (χ1n) is 10.7. The minimum atomic E-state index is 0.357. The quantitative estimate of drug-likeness (QED) is 0.562. The summed E-state index contributed by atoms with van der Waals surface area (Å²) in [5.41, 5.74) is 8.04. The topological polar surface area (TPSA) is 3.24 Å². The van der Waals surface area contributed by atoms with Crippen molar-refractivity contribution in [2.45, 2.75) is 78.2 Å². The zero-order valence-corrected chi connectivity index (χ0v) is 16.9. The van der Waals surface area contributed by atoms with Gasteiger partial charge in [0.25, 0.3) is 0 Å². The standard InChI is InChI=1S/C25H33N/c1-5-8-12-19-13-11-16-23-21(19)17-24-25(6-2,7-3)18(4)20-14-9-10-15-22(20)26(23)24/h9-11,13-16,18,24H,5-8,12,17H2,1-4H3. The maximum absolute atomic E-state index is 2.72. The molecule has 4 rings (SSSR count). The third kappa shape index (κ3) is 2.36. The van der Waals surface area contributed by atoms with Crippen LogP contribution in [0.25, 0.3) is 0 Å². The summed E-state index contributed by atoms with van der Waals surface area (Å²) in [7, 11) is 0. The van der Waals surface area contributed by atoms with E-state index in [4.69, 9.17) is 0 Å². The molecular formula is C25H33N. The molecule has 0 fully saturated rings. The summed E-state index contributed by atoms with van der Waals surface area (Å²) >= 11 is 0. The number of para-hydroxylation sites is 1. The summed E-state index contributed by atoms with van der Waals surface area (Å²) in [6, 6.07) is 16.8. The highest BCUT2D eigenvalue weighted by Crippen LogP contribution is 2.59. The molecule has 0 bridgehead atoms. The van der Waals surface area contributed by atoms with Crippen molar-refractivity contribution >= 4 is 11.4 Å². The predicted octanol–water partition coefficient (Wildman–Crippen LogP) is 7.02. The van der Waals surface area contributed by atoms with Crippen LogP contribution in [0.1, 0.15) is 76.0 Å². The van der Waals surface area contributed by atoms with Gasteiger partial charge in [0, 0.05) is 17.4 Å². The van der Waals surface area contributed by atoms with E-state index in [1.807, 2.05) is 0 Å². The lowest BCUT2D eigenvalue weighted by molar-refractivity contribution is 0.155. The molecular weight excluding hydrogens is 314 g/mol. The number of unbranched alkanes of at least 4 members (excludes halogenated alkanes) is 1. The van der Waals surface area contributed by atoms with E-state index < -0.39 is 0 Å². The van der Waals surface area contributed by atoms with Crippen LogP contribution in [-0.2, 0) is 12.8 Å². The first-order chi connectivity index (χ1) is 12.7. The second-order valence-corrected chi connectivity index (χ2v) is 8.33. The van der Waals surface area contributed by atoms with Crippen LogP contribution in [0.4, 0.5) is 11.4 Å². The molecule has 2 aliphatic rings. The van der Waals surface area contributed by atoms with Crippen LogP contribution in [0.5, 0.6) is 0 Å². The molecule has 0 radical (unpaired) electrons. The summed E-state index contributed by atoms with van der Waals surface area (Å²) in [5.74, 6) is 0.614. The number of hydrogen-bond donors (Lipinski definition) is 0. The summed E-state index contributed by atoms with van der Waals surface area (Å²) in [6.45, 7) is 9.59. The van der Waals surface area contributed by atoms with Crippen molar-refractivity contribution in [2.75, 3.05) is 4.90 Å². The molecule has 138 valence electrons. The number of anilines is 2. The molecule has 1 heteroatoms. The van der Waals surface area contributed by atoms with Crippen molar-refractivity contribution in [1.29, 1.82) is 0 Å². The van der Waals surface area contributed by atoms with Crippen LogP contribution < -0.4 is 4.90 Å². The normalized spacial score (nSPS) is 22.7. The van der Waals surface area contributed by atoms with E-state index in [-0.39, 0.29) is 0 Å². The number of nitrogens with zero attached hydrogens (tertiary/aromatic N) is 1. The van der Waals surface area contributed by atoms with Crippen molar-refractivity contribution in [3.63, 3.8) is 0 Å². The second-order valence-electron chi connectivity index (χ2n) is 8.33. The first kappa shape index (κ1) is 17.6. The molecule has 0 saturated heterocycles. The van der Waals surface area contributed by atoms with E-state index in [9.17, 15) is 0 Å². The van der Waals surface area contributed by atoms with Crippen molar-refractivity contribution in [3.8, 4) is 0 Å². The Balaban J connectivity index is 1.90. The van der Waals surface area contributed by atoms with Crippen molar-refractivity contribution in [1.82, 2.24) is 0 Å². The molecule has 0 aromatic heterocycles. The van der Waals surface area contributed by atoms with E-state index >= 15 is 0 Å². The maximum atomic E-state index is 2.72. The van der Waals surface area contributed by atoms with Crippen molar-refractivity contribution in [3.05, 3.63) is 59.2 Å². The lowest BCUT2D eigenvalue weighted by Crippen LogP contribution is -2.50. The van der Waals surface area contributed by atoms with Gasteiger partial charge in [0.15, 0.2) is 0 Å². The fraction of sp³-hybridized carbons (Fsp3) is 0.520. The SMILES string of the molecule is CCCCc1cccc2c1CC1N2c2ccccc2C(C)C1(CC)CC. The zero-order chi connectivity index (χ0) is 18.3. The van der Waals surface area contributed by atoms with Gasteiger partial charge in [-0.2, -0.15) is 0 Å². The summed E-state index contributed by atoms with van der Waals surface area (Å²) in [4.78, 5) is 2.72. The van der Waals surface area contributed by atoms with Crippen LogP contribution in [0.15, 0.2) is 42.5 Å². The van der Waals surface area contributed by atoms with Crippen LogP contribution >= 0.6 is 0 Å². The minimum Gasteiger partial charge on any atom is -0.337 e. The zero-order valence-electron chi connectivity index (χ0n) is 16.9. The molecule has 2 aliphatic heterocycles. The van der Waals surface area contributed by atoms with Crippen LogP contribution in [0.2, 0.25) is 0 Å². The number of rotatable bonds is 5. The summed E-state index contributed by atoms with van der Waals surface area (Å²) in [5, 5.41) is 0. The van der Waals surface area contributed by atoms with Gasteiger partial charge < -0.3 is 4.90 Å². The Morgan fingerprint density at radius 3 is 2.42 bits per heavy atom. The molecule has 0 N–H and O–H groups in total. The molecule has 26 heavy (non-hydrogen) atoms. The molecule has 0 saturated carbocycles. The molecule has 0 amide bonds. The van der Waals surface area contributed by atoms with Crippen molar-refractivity contribution in [2.24, 2.45) is 5.41 Å². The number of aryl methyl sites for hydroxylation is 1. The number of fused-ring (bicyclic) bond motifs is 5. The Hall–Kier alpha value is -1.76. The monoisotopic (exact) mass is 347 g/mol. The highest BCUT2D eigenvalue weighted by molar-refractivity contribution is 5.77. The fourth-order valence-corrected chi connectivity index (χ4v) is 5.90. The maximum Gasteiger partial charge on any atom is 0.0449 e. The average Bonchev–Trinajstić information content (AvgIpc) is 3.08. The van der Waals surface area contributed by atoms with Crippen molar-refractivity contribution < 1.29 is 0 Å². The molecule has 0 spiro atoms. The van der Waals surface area contributed by atoms with Gasteiger partial charge in [-0.05, 0) is 72.3 Å². The Labute approximate surface area is 159 Å². The van der Waals surface area contributed by atoms with Gasteiger partial charge in [-0.25, -0.2) is 0 Å². The largest absolute Gasteiger partial charge is 0.337 e. The predicted molar refractivity (Wildman–Crippen MR) is 113 cm³/mol. The Kier molecular flexibility index (Phi) is 4.59. The molecule has 0 aliphatic carbocycles. The van der Waals surface area contributed by atoms with Gasteiger partial charge in [0.2, 0.25) is 0 Å². The Morgan fingerprint density at radius 1 is 0.962 bits per heavy atom. The lowest BCUT2D eigenvalue weighted by atomic mass is 9.61. The third-order valence-electron chi connectivity index (χ3n) is 7.52. The van der Waals surface area contributed by atoms with Crippen LogP contribution in [-0.4, -0.2) is 6.04 Å². The molecule has 2 heterocycles. The second kappa shape index (κ2) is 6.76. The highest BCUT2D eigenvalue weighted by atomic mass is 15.2. The van der Waals surface area contributed by atoms with E-state index in [0.29, 0.717) is 17.4 Å². The smallest absolute Gasteiger partial charge is 0.0449 e. The fourth-order valence-electron chi connectivity index (χ4n) is 5.90. The summed E-state index contributed by atoms with van der Waals surface area (Å²) < 4.78 is 0. The van der Waals surface area contributed by atoms with E-state index in [0.717, 1.165) is 0 Å². The van der Waals surface area contributed by atoms with Gasteiger partial charge >= 0.3 is 0 Å². The molecule has 2 atom stereocenters. The molecule has 2 unspecified atom stereocenters. The average molecular weight is 348 g/mol. The molecule has 1 nitrogen and oxygen atoms in total. The van der Waals surface area contributed by atoms with E-state index in [1.165, 1.54) is 49.9 Å². The first-order valence-corrected chi connectivity index (χ1v) is 10.7. The van der Waals surface area contributed by atoms with E-state index in [2.05, 4.69) is 75.1 Å². The van der Waals surface area contributed by atoms with Gasteiger partial charge in [-0.1, -0.05) is 64.4 Å². The third-order valence-corrected chi connectivity index (χ3v) is 7.52. The number of benzene rings is 2. The van der Waals surface area contributed by atoms with Crippen LogP contribution in [0.3, 0.4) is 0 Å². The van der Waals surface area contributed by atoms with Gasteiger partial charge in [-0.15, -0.1) is 0 Å². The number of hydrogen-bond acceptors (Lipinski definition) is 1. The Bertz CT molecular complexity index is 786. The minimum absolute atomic E-state index is 0.357. The summed E-state index contributed by atoms with van der Waals surface area (Å²) in [6.07, 6.45) is 7.50.